The summed E-state index contributed by atoms with van der Waals surface area (Å²) < 4.78 is 15.9. The zero-order valence-corrected chi connectivity index (χ0v) is 13.3. The van der Waals surface area contributed by atoms with Gasteiger partial charge in [-0.2, -0.15) is 0 Å². The molecule has 0 fully saturated rings. The van der Waals surface area contributed by atoms with E-state index in [4.69, 9.17) is 14.2 Å². The van der Waals surface area contributed by atoms with Gasteiger partial charge < -0.3 is 19.5 Å². The van der Waals surface area contributed by atoms with E-state index >= 15 is 0 Å². The van der Waals surface area contributed by atoms with Gasteiger partial charge in [-0.1, -0.05) is 6.92 Å². The molecule has 21 heavy (non-hydrogen) atoms. The van der Waals surface area contributed by atoms with E-state index in [-0.39, 0.29) is 24.8 Å². The summed E-state index contributed by atoms with van der Waals surface area (Å²) in [6.07, 6.45) is 4.23. The Bertz CT molecular complexity index is 271. The van der Waals surface area contributed by atoms with Crippen LogP contribution in [0.3, 0.4) is 0 Å². The van der Waals surface area contributed by atoms with Crippen LogP contribution in [0.4, 0.5) is 0 Å². The molecule has 0 aliphatic rings. The second kappa shape index (κ2) is 15.4. The summed E-state index contributed by atoms with van der Waals surface area (Å²) in [5.41, 5.74) is 0. The Kier molecular flexibility index (Phi) is 14.7. The average molecular weight is 303 g/mol. The number of carbonyl (C=O) groups is 2. The minimum absolute atomic E-state index is 0.0363. The van der Waals surface area contributed by atoms with Gasteiger partial charge >= 0.3 is 0 Å². The van der Waals surface area contributed by atoms with E-state index in [1.54, 1.807) is 0 Å². The van der Waals surface area contributed by atoms with Crippen molar-refractivity contribution in [2.75, 3.05) is 46.2 Å². The number of hydrogen-bond donors (Lipinski definition) is 1. The van der Waals surface area contributed by atoms with Crippen LogP contribution >= 0.6 is 0 Å². The number of nitrogens with one attached hydrogen (secondary N) is 1. The SMILES string of the molecule is CCCOCCCCCOCCOCC(=O)NCC(C)=O. The fraction of sp³-hybridized carbons (Fsp3) is 0.867. The molecule has 6 nitrogen and oxygen atoms in total. The van der Waals surface area contributed by atoms with Crippen molar-refractivity contribution in [3.8, 4) is 0 Å². The van der Waals surface area contributed by atoms with Gasteiger partial charge in [-0.15, -0.1) is 0 Å². The van der Waals surface area contributed by atoms with Crippen LogP contribution in [-0.2, 0) is 23.8 Å². The van der Waals surface area contributed by atoms with Gasteiger partial charge in [0.1, 0.15) is 12.4 Å². The largest absolute Gasteiger partial charge is 0.381 e. The average Bonchev–Trinajstić information content (AvgIpc) is 2.46. The van der Waals surface area contributed by atoms with Gasteiger partial charge in [-0.25, -0.2) is 0 Å². The lowest BCUT2D eigenvalue weighted by Crippen LogP contribution is -2.31. The first kappa shape index (κ1) is 20.0. The van der Waals surface area contributed by atoms with Gasteiger partial charge in [0.25, 0.3) is 0 Å². The molecule has 0 aromatic rings. The van der Waals surface area contributed by atoms with Crippen molar-refractivity contribution in [1.82, 2.24) is 5.32 Å². The lowest BCUT2D eigenvalue weighted by Gasteiger charge is -2.06. The van der Waals surface area contributed by atoms with Crippen molar-refractivity contribution in [2.24, 2.45) is 0 Å². The lowest BCUT2D eigenvalue weighted by molar-refractivity contribution is -0.128. The van der Waals surface area contributed by atoms with Gasteiger partial charge in [0.15, 0.2) is 0 Å². The molecule has 0 unspecified atom stereocenters. The smallest absolute Gasteiger partial charge is 0.246 e. The van der Waals surface area contributed by atoms with Crippen molar-refractivity contribution in [2.45, 2.75) is 39.5 Å². The highest BCUT2D eigenvalue weighted by Crippen LogP contribution is 1.97. The standard InChI is InChI=1S/C15H29NO5/c1-3-7-19-8-5-4-6-9-20-10-11-21-13-15(18)16-12-14(2)17/h3-13H2,1-2H3,(H,16,18). The molecule has 0 saturated heterocycles. The fourth-order valence-corrected chi connectivity index (χ4v) is 1.49. The Labute approximate surface area is 127 Å². The van der Waals surface area contributed by atoms with E-state index in [1.807, 2.05) is 0 Å². The molecule has 124 valence electrons. The lowest BCUT2D eigenvalue weighted by atomic mass is 10.2. The summed E-state index contributed by atoms with van der Waals surface area (Å²) in [4.78, 5) is 21.8. The van der Waals surface area contributed by atoms with Crippen LogP contribution in [0.1, 0.15) is 39.5 Å². The summed E-state index contributed by atoms with van der Waals surface area (Å²) in [7, 11) is 0. The molecular formula is C15H29NO5. The molecule has 0 spiro atoms. The van der Waals surface area contributed by atoms with Crippen molar-refractivity contribution in [3.63, 3.8) is 0 Å². The van der Waals surface area contributed by atoms with Crippen LogP contribution < -0.4 is 5.32 Å². The molecule has 0 saturated carbocycles. The second-order valence-corrected chi connectivity index (χ2v) is 4.82. The molecular weight excluding hydrogens is 274 g/mol. The molecule has 1 amide bonds. The Morgan fingerprint density at radius 1 is 0.857 bits per heavy atom. The molecule has 0 aromatic carbocycles. The molecule has 1 N–H and O–H groups in total. The maximum absolute atomic E-state index is 11.2. The number of hydrogen-bond acceptors (Lipinski definition) is 5. The summed E-state index contributed by atoms with van der Waals surface area (Å²) in [5.74, 6) is -0.357. The summed E-state index contributed by atoms with van der Waals surface area (Å²) >= 11 is 0. The number of rotatable bonds is 15. The molecule has 0 aliphatic carbocycles. The van der Waals surface area contributed by atoms with Crippen molar-refractivity contribution < 1.29 is 23.8 Å². The first-order chi connectivity index (χ1) is 10.2. The number of carbonyl (C=O) groups excluding carboxylic acids is 2. The first-order valence-corrected chi connectivity index (χ1v) is 7.66. The van der Waals surface area contributed by atoms with E-state index in [9.17, 15) is 9.59 Å². The van der Waals surface area contributed by atoms with Crippen molar-refractivity contribution in [1.29, 1.82) is 0 Å². The fourth-order valence-electron chi connectivity index (χ4n) is 1.49. The van der Waals surface area contributed by atoms with E-state index in [1.165, 1.54) is 6.92 Å². The van der Waals surface area contributed by atoms with Crippen LogP contribution in [0.15, 0.2) is 0 Å². The second-order valence-electron chi connectivity index (χ2n) is 4.82. The summed E-state index contributed by atoms with van der Waals surface area (Å²) in [6.45, 7) is 6.77. The predicted molar refractivity (Wildman–Crippen MR) is 80.3 cm³/mol. The Morgan fingerprint density at radius 3 is 2.10 bits per heavy atom. The van der Waals surface area contributed by atoms with Crippen LogP contribution in [0, 0.1) is 0 Å². The van der Waals surface area contributed by atoms with Gasteiger partial charge in [0.2, 0.25) is 5.91 Å². The van der Waals surface area contributed by atoms with Crippen LogP contribution in [0.25, 0.3) is 0 Å². The van der Waals surface area contributed by atoms with E-state index < -0.39 is 0 Å². The number of amides is 1. The third-order valence-corrected chi connectivity index (χ3v) is 2.57. The zero-order valence-electron chi connectivity index (χ0n) is 13.3. The number of Topliss-reactive ketones (excluding diaryl/α,β-unsaturated/α-hetero) is 1. The number of ether oxygens (including phenoxy) is 3. The maximum atomic E-state index is 11.2. The zero-order chi connectivity index (χ0) is 15.8. The molecule has 0 bridgehead atoms. The first-order valence-electron chi connectivity index (χ1n) is 7.66. The Morgan fingerprint density at radius 2 is 1.48 bits per heavy atom. The molecule has 0 aliphatic heterocycles. The minimum Gasteiger partial charge on any atom is -0.381 e. The molecule has 0 atom stereocenters. The van der Waals surface area contributed by atoms with Gasteiger partial charge in [0.05, 0.1) is 19.8 Å². The summed E-state index contributed by atoms with van der Waals surface area (Å²) in [6, 6.07) is 0. The van der Waals surface area contributed by atoms with Crippen molar-refractivity contribution in [3.05, 3.63) is 0 Å². The monoisotopic (exact) mass is 303 g/mol. The quantitative estimate of drug-likeness (QED) is 0.462. The molecule has 6 heteroatoms. The predicted octanol–water partition coefficient (Wildman–Crippen LogP) is 1.32. The van der Waals surface area contributed by atoms with Gasteiger partial charge in [-0.05, 0) is 32.6 Å². The van der Waals surface area contributed by atoms with Crippen LogP contribution in [0.5, 0.6) is 0 Å². The normalized spacial score (nSPS) is 10.6. The van der Waals surface area contributed by atoms with Gasteiger partial charge in [0, 0.05) is 19.8 Å². The number of unbranched alkanes of at least 4 members (excludes halogenated alkanes) is 2. The minimum atomic E-state index is -0.280. The highest BCUT2D eigenvalue weighted by Gasteiger charge is 2.01. The third kappa shape index (κ3) is 17.0. The van der Waals surface area contributed by atoms with Crippen molar-refractivity contribution >= 4 is 11.7 Å². The number of ketones is 1. The van der Waals surface area contributed by atoms with E-state index in [0.29, 0.717) is 19.8 Å². The Balaban J connectivity index is 3.12. The van der Waals surface area contributed by atoms with Crippen LogP contribution in [0.2, 0.25) is 0 Å². The highest BCUT2D eigenvalue weighted by atomic mass is 16.5. The summed E-state index contributed by atoms with van der Waals surface area (Å²) in [5, 5.41) is 2.46. The van der Waals surface area contributed by atoms with E-state index in [0.717, 1.165) is 38.9 Å². The molecule has 0 heterocycles. The highest BCUT2D eigenvalue weighted by molar-refractivity contribution is 5.84. The van der Waals surface area contributed by atoms with Gasteiger partial charge in [-0.3, -0.25) is 9.59 Å². The molecule has 0 radical (unpaired) electrons. The topological polar surface area (TPSA) is 73.9 Å². The molecule has 0 aromatic heterocycles. The van der Waals surface area contributed by atoms with Crippen LogP contribution in [-0.4, -0.2) is 57.9 Å². The maximum Gasteiger partial charge on any atom is 0.246 e. The van der Waals surface area contributed by atoms with E-state index in [2.05, 4.69) is 12.2 Å². The Hall–Kier alpha value is -0.980. The molecule has 0 rings (SSSR count). The third-order valence-electron chi connectivity index (χ3n) is 2.57.